The molecule has 0 heterocycles. The minimum absolute atomic E-state index is 0.751. The van der Waals surface area contributed by atoms with Crippen molar-refractivity contribution in [3.05, 3.63) is 24.3 Å². The Kier molecular flexibility index (Phi) is 1.91. The highest BCUT2D eigenvalue weighted by atomic mass is 31.0. The van der Waals surface area contributed by atoms with E-state index in [2.05, 4.69) is 9.47 Å². The number of anilines is 1. The first-order valence-electron chi connectivity index (χ1n) is 2.55. The Morgan fingerprint density at radius 2 is 1.78 bits per heavy atom. The van der Waals surface area contributed by atoms with Crippen LogP contribution in [0, 0.1) is 0 Å². The molecule has 0 aliphatic carbocycles. The Hall–Kier alpha value is -0.750. The fourth-order valence-electron chi connectivity index (χ4n) is 0.546. The van der Waals surface area contributed by atoms with Gasteiger partial charge in [0.15, 0.2) is 0 Å². The molecule has 2 nitrogen and oxygen atoms in total. The third kappa shape index (κ3) is 1.58. The zero-order valence-corrected chi connectivity index (χ0v) is 6.03. The minimum atomic E-state index is 0.751. The normalized spacial score (nSPS) is 9.00. The van der Waals surface area contributed by atoms with Crippen molar-refractivity contribution in [3.8, 4) is 5.75 Å². The third-order valence-electron chi connectivity index (χ3n) is 1.02. The summed E-state index contributed by atoms with van der Waals surface area (Å²) >= 11 is 0. The number of hydrogen-bond donors (Lipinski definition) is 1. The Labute approximate surface area is 56.3 Å². The van der Waals surface area contributed by atoms with Gasteiger partial charge in [-0.25, -0.2) is 0 Å². The van der Waals surface area contributed by atoms with Gasteiger partial charge in [0.25, 0.3) is 0 Å². The van der Waals surface area contributed by atoms with Crippen molar-refractivity contribution in [1.29, 1.82) is 0 Å². The molecule has 48 valence electrons. The van der Waals surface area contributed by atoms with Gasteiger partial charge in [0, 0.05) is 5.69 Å². The summed E-state index contributed by atoms with van der Waals surface area (Å²) in [6.07, 6.45) is 0. The first-order valence-corrected chi connectivity index (χ1v) is 3.02. The summed E-state index contributed by atoms with van der Waals surface area (Å²) in [6.45, 7) is 0. The molecule has 0 aliphatic heterocycles. The van der Waals surface area contributed by atoms with Crippen LogP contribution in [0.2, 0.25) is 0 Å². The van der Waals surface area contributed by atoms with Gasteiger partial charge in [-0.3, -0.25) is 0 Å². The molecule has 0 aliphatic rings. The van der Waals surface area contributed by atoms with Gasteiger partial charge in [-0.1, -0.05) is 0 Å². The predicted octanol–water partition coefficient (Wildman–Crippen LogP) is 1.44. The monoisotopic (exact) mass is 141 g/mol. The second-order valence-corrected chi connectivity index (χ2v) is 1.92. The van der Waals surface area contributed by atoms with E-state index in [1.54, 1.807) is 12.1 Å². The number of nitrogen functional groups attached to an aromatic ring is 1. The van der Waals surface area contributed by atoms with Gasteiger partial charge in [0.1, 0.15) is 5.75 Å². The molecule has 0 radical (unpaired) electrons. The highest BCUT2D eigenvalue weighted by molar-refractivity contribution is 7.10. The lowest BCUT2D eigenvalue weighted by atomic mass is 10.3. The number of benzene rings is 1. The molecule has 2 N–H and O–H groups in total. The second-order valence-electron chi connectivity index (χ2n) is 1.69. The van der Waals surface area contributed by atoms with Crippen LogP contribution >= 0.6 is 9.47 Å². The molecule has 0 saturated heterocycles. The summed E-state index contributed by atoms with van der Waals surface area (Å²) in [5.74, 6) is 0.800. The molecule has 1 aromatic rings. The Morgan fingerprint density at radius 1 is 1.22 bits per heavy atom. The van der Waals surface area contributed by atoms with E-state index in [1.807, 2.05) is 12.1 Å². The van der Waals surface area contributed by atoms with Gasteiger partial charge in [0.2, 0.25) is 0 Å². The fraction of sp³-hybridized carbons (Fsp3) is 0. The zero-order chi connectivity index (χ0) is 6.69. The maximum atomic E-state index is 5.42. The summed E-state index contributed by atoms with van der Waals surface area (Å²) in [4.78, 5) is 0. The number of hydrogen-bond acceptors (Lipinski definition) is 2. The van der Waals surface area contributed by atoms with Crippen molar-refractivity contribution >= 4 is 15.2 Å². The van der Waals surface area contributed by atoms with Crippen molar-refractivity contribution in [3.63, 3.8) is 0 Å². The van der Waals surface area contributed by atoms with Crippen LogP contribution < -0.4 is 10.3 Å². The lowest BCUT2D eigenvalue weighted by Gasteiger charge is -1.96. The largest absolute Gasteiger partial charge is 0.480 e. The quantitative estimate of drug-likeness (QED) is 0.474. The van der Waals surface area contributed by atoms with E-state index in [9.17, 15) is 0 Å². The molecule has 0 fully saturated rings. The van der Waals surface area contributed by atoms with E-state index in [0.29, 0.717) is 0 Å². The Morgan fingerprint density at radius 3 is 2.22 bits per heavy atom. The molecule has 0 aromatic heterocycles. The molecule has 0 spiro atoms. The van der Waals surface area contributed by atoms with Gasteiger partial charge in [0.05, 0.1) is 9.47 Å². The van der Waals surface area contributed by atoms with E-state index in [4.69, 9.17) is 10.3 Å². The van der Waals surface area contributed by atoms with Gasteiger partial charge in [-0.2, -0.15) is 0 Å². The Balaban J connectivity index is 2.88. The van der Waals surface area contributed by atoms with E-state index >= 15 is 0 Å². The van der Waals surface area contributed by atoms with Crippen molar-refractivity contribution in [2.45, 2.75) is 0 Å². The first-order chi connectivity index (χ1) is 4.33. The molecule has 0 saturated carbocycles. The van der Waals surface area contributed by atoms with Crippen molar-refractivity contribution in [2.24, 2.45) is 0 Å². The van der Waals surface area contributed by atoms with Crippen LogP contribution in [0.4, 0.5) is 5.69 Å². The molecule has 1 rings (SSSR count). The molecular formula is C6H8NOP. The fourth-order valence-corrected chi connectivity index (χ4v) is 0.704. The zero-order valence-electron chi connectivity index (χ0n) is 4.87. The summed E-state index contributed by atoms with van der Waals surface area (Å²) in [5, 5.41) is 0. The van der Waals surface area contributed by atoms with Gasteiger partial charge in [-0.15, -0.1) is 0 Å². The van der Waals surface area contributed by atoms with Crippen LogP contribution in [-0.2, 0) is 0 Å². The highest BCUT2D eigenvalue weighted by Crippen LogP contribution is 2.14. The van der Waals surface area contributed by atoms with Gasteiger partial charge in [-0.05, 0) is 24.3 Å². The maximum Gasteiger partial charge on any atom is 0.122 e. The summed E-state index contributed by atoms with van der Waals surface area (Å²) < 4.78 is 4.83. The smallest absolute Gasteiger partial charge is 0.122 e. The minimum Gasteiger partial charge on any atom is -0.480 e. The first kappa shape index (κ1) is 6.37. The average Bonchev–Trinajstić information content (AvgIpc) is 1.90. The molecule has 0 amide bonds. The van der Waals surface area contributed by atoms with Crippen LogP contribution in [0.5, 0.6) is 5.75 Å². The van der Waals surface area contributed by atoms with Crippen LogP contribution in [0.1, 0.15) is 0 Å². The van der Waals surface area contributed by atoms with Crippen molar-refractivity contribution in [2.75, 3.05) is 5.73 Å². The topological polar surface area (TPSA) is 35.2 Å². The van der Waals surface area contributed by atoms with Crippen LogP contribution in [-0.4, -0.2) is 0 Å². The molecule has 3 heteroatoms. The highest BCUT2D eigenvalue weighted by Gasteiger charge is 1.86. The molecule has 9 heavy (non-hydrogen) atoms. The molecule has 0 bridgehead atoms. The van der Waals surface area contributed by atoms with Gasteiger partial charge >= 0.3 is 0 Å². The summed E-state index contributed by atoms with van der Waals surface area (Å²) in [7, 11) is 2.17. The lowest BCUT2D eigenvalue weighted by molar-refractivity contribution is 0.646. The third-order valence-corrected chi connectivity index (χ3v) is 1.29. The second kappa shape index (κ2) is 2.70. The SMILES string of the molecule is Nc1ccc(OP)cc1. The molecule has 1 atom stereocenters. The molecular weight excluding hydrogens is 133 g/mol. The van der Waals surface area contributed by atoms with E-state index in [-0.39, 0.29) is 0 Å². The van der Waals surface area contributed by atoms with Crippen LogP contribution in [0.15, 0.2) is 24.3 Å². The van der Waals surface area contributed by atoms with Gasteiger partial charge < -0.3 is 10.3 Å². The van der Waals surface area contributed by atoms with E-state index < -0.39 is 0 Å². The van der Waals surface area contributed by atoms with Crippen molar-refractivity contribution in [1.82, 2.24) is 0 Å². The summed E-state index contributed by atoms with van der Waals surface area (Å²) in [6, 6.07) is 7.20. The number of nitrogens with two attached hydrogens (primary N) is 1. The molecule has 1 aromatic carbocycles. The molecule has 1 unspecified atom stereocenters. The van der Waals surface area contributed by atoms with Crippen LogP contribution in [0.3, 0.4) is 0 Å². The van der Waals surface area contributed by atoms with E-state index in [0.717, 1.165) is 11.4 Å². The standard InChI is InChI=1S/C6H8NOP/c7-5-1-3-6(8-9)4-2-5/h1-4H,7,9H2. The van der Waals surface area contributed by atoms with Crippen LogP contribution in [0.25, 0.3) is 0 Å². The predicted molar refractivity (Wildman–Crippen MR) is 41.2 cm³/mol. The Bertz CT molecular complexity index is 185. The number of rotatable bonds is 1. The average molecular weight is 141 g/mol. The maximum absolute atomic E-state index is 5.42. The lowest BCUT2D eigenvalue weighted by Crippen LogP contribution is -1.82. The van der Waals surface area contributed by atoms with E-state index in [1.165, 1.54) is 0 Å². The van der Waals surface area contributed by atoms with Crippen molar-refractivity contribution < 1.29 is 4.52 Å². The summed E-state index contributed by atoms with van der Waals surface area (Å²) in [5.41, 5.74) is 6.17.